The Hall–Kier alpha value is -2.09. The predicted molar refractivity (Wildman–Crippen MR) is 69.1 cm³/mol. The number of halogens is 3. The van der Waals surface area contributed by atoms with Crippen molar-refractivity contribution in [3.8, 4) is 0 Å². The molecule has 1 N–H and O–H groups in total. The second-order valence-corrected chi connectivity index (χ2v) is 5.33. The third kappa shape index (κ3) is 2.92. The first-order chi connectivity index (χ1) is 10.4. The van der Waals surface area contributed by atoms with Gasteiger partial charge in [0.1, 0.15) is 0 Å². The summed E-state index contributed by atoms with van der Waals surface area (Å²) in [5.74, 6) is -0.0323. The Morgan fingerprint density at radius 1 is 1.32 bits per heavy atom. The molecule has 0 unspecified atom stereocenters. The molecule has 1 atom stereocenters. The Kier molecular flexibility index (Phi) is 3.56. The quantitative estimate of drug-likeness (QED) is 0.941. The van der Waals surface area contributed by atoms with E-state index < -0.39 is 23.6 Å². The van der Waals surface area contributed by atoms with Gasteiger partial charge >= 0.3 is 11.9 Å². The van der Waals surface area contributed by atoms with Crippen LogP contribution in [-0.4, -0.2) is 14.8 Å². The molecule has 1 aromatic heterocycles. The maximum absolute atomic E-state index is 12.5. The van der Waals surface area contributed by atoms with Gasteiger partial charge in [0.15, 0.2) is 5.82 Å². The molecule has 2 aromatic rings. The number of aromatic nitrogens is 2. The van der Waals surface area contributed by atoms with E-state index >= 15 is 0 Å². The molecule has 3 rings (SSSR count). The molecule has 1 fully saturated rings. The van der Waals surface area contributed by atoms with Crippen LogP contribution in [0, 0.1) is 0 Å². The zero-order valence-corrected chi connectivity index (χ0v) is 11.4. The summed E-state index contributed by atoms with van der Waals surface area (Å²) in [5.41, 5.74) is -0.493. The van der Waals surface area contributed by atoms with Gasteiger partial charge in [-0.2, -0.15) is 13.2 Å². The largest absolute Gasteiger partial charge is 0.441 e. The maximum atomic E-state index is 12.5. The van der Waals surface area contributed by atoms with Crippen LogP contribution in [-0.2, 0) is 12.7 Å². The lowest BCUT2D eigenvalue weighted by atomic mass is 10.1. The minimum absolute atomic E-state index is 0.0977. The molecule has 22 heavy (non-hydrogen) atoms. The van der Waals surface area contributed by atoms with Crippen molar-refractivity contribution in [2.24, 2.45) is 0 Å². The van der Waals surface area contributed by atoms with Crippen LogP contribution < -0.4 is 5.76 Å². The average Bonchev–Trinajstić information content (AvgIpc) is 3.24. The van der Waals surface area contributed by atoms with Crippen molar-refractivity contribution < 1.29 is 22.8 Å². The zero-order valence-electron chi connectivity index (χ0n) is 11.4. The average molecular weight is 314 g/mol. The second kappa shape index (κ2) is 5.28. The first-order valence-electron chi connectivity index (χ1n) is 6.78. The molecule has 1 saturated carbocycles. The summed E-state index contributed by atoms with van der Waals surface area (Å²) in [7, 11) is 0. The highest BCUT2D eigenvalue weighted by Crippen LogP contribution is 2.38. The second-order valence-electron chi connectivity index (χ2n) is 5.33. The Morgan fingerprint density at radius 3 is 2.50 bits per heavy atom. The Bertz CT molecular complexity index is 714. The number of aliphatic hydroxyl groups excluding tert-OH is 1. The van der Waals surface area contributed by atoms with E-state index in [0.717, 1.165) is 25.0 Å². The predicted octanol–water partition coefficient (Wildman–Crippen LogP) is 2.47. The lowest BCUT2D eigenvalue weighted by Gasteiger charge is -2.13. The molecule has 5 nitrogen and oxygen atoms in total. The lowest BCUT2D eigenvalue weighted by molar-refractivity contribution is -0.137. The summed E-state index contributed by atoms with van der Waals surface area (Å²) < 4.78 is 43.3. The molecular formula is C14H13F3N2O3. The Balaban J connectivity index is 1.79. The Morgan fingerprint density at radius 2 is 1.95 bits per heavy atom. The first-order valence-corrected chi connectivity index (χ1v) is 6.78. The molecule has 8 heteroatoms. The van der Waals surface area contributed by atoms with Gasteiger partial charge in [-0.05, 0) is 30.5 Å². The van der Waals surface area contributed by atoms with Gasteiger partial charge in [0.25, 0.3) is 0 Å². The van der Waals surface area contributed by atoms with Crippen LogP contribution in [0.25, 0.3) is 0 Å². The Labute approximate surface area is 123 Å². The van der Waals surface area contributed by atoms with Crippen molar-refractivity contribution >= 4 is 0 Å². The number of benzene rings is 1. The van der Waals surface area contributed by atoms with Gasteiger partial charge in [0.2, 0.25) is 0 Å². The van der Waals surface area contributed by atoms with Crippen LogP contribution in [0.5, 0.6) is 0 Å². The number of hydrogen-bond donors (Lipinski definition) is 1. The lowest BCUT2D eigenvalue weighted by Crippen LogP contribution is -2.21. The summed E-state index contributed by atoms with van der Waals surface area (Å²) in [4.78, 5) is 11.6. The molecule has 1 aliphatic rings. The zero-order chi connectivity index (χ0) is 15.9. The number of nitrogens with zero attached hydrogens (tertiary/aromatic N) is 2. The fourth-order valence-corrected chi connectivity index (χ4v) is 2.26. The standard InChI is InChI=1S/C14H13F3N2O3/c15-14(16,17)10-5-3-8(4-6-10)11(20)7-19-12(9-1-2-9)18-22-13(19)21/h3-6,9,11,20H,1-2,7H2/t11-/m0/s1. The molecule has 0 amide bonds. The monoisotopic (exact) mass is 314 g/mol. The summed E-state index contributed by atoms with van der Waals surface area (Å²) in [6.07, 6.45) is -3.73. The van der Waals surface area contributed by atoms with Crippen molar-refractivity contribution in [2.45, 2.75) is 37.6 Å². The molecule has 0 saturated heterocycles. The van der Waals surface area contributed by atoms with Crippen molar-refractivity contribution in [1.82, 2.24) is 9.72 Å². The van der Waals surface area contributed by atoms with Crippen LogP contribution in [0.4, 0.5) is 13.2 Å². The van der Waals surface area contributed by atoms with E-state index in [1.54, 1.807) is 0 Å². The van der Waals surface area contributed by atoms with E-state index in [1.807, 2.05) is 0 Å². The van der Waals surface area contributed by atoms with Crippen molar-refractivity contribution in [3.63, 3.8) is 0 Å². The summed E-state index contributed by atoms with van der Waals surface area (Å²) in [6.45, 7) is -0.0977. The third-order valence-corrected chi connectivity index (χ3v) is 3.63. The van der Waals surface area contributed by atoms with E-state index in [1.165, 1.54) is 16.7 Å². The smallest absolute Gasteiger partial charge is 0.387 e. The van der Waals surface area contributed by atoms with Crippen molar-refractivity contribution in [1.29, 1.82) is 0 Å². The molecular weight excluding hydrogens is 301 g/mol. The fourth-order valence-electron chi connectivity index (χ4n) is 2.26. The van der Waals surface area contributed by atoms with Crippen LogP contribution in [0.3, 0.4) is 0 Å². The highest BCUT2D eigenvalue weighted by Gasteiger charge is 2.32. The number of alkyl halides is 3. The van der Waals surface area contributed by atoms with Gasteiger partial charge in [-0.1, -0.05) is 17.3 Å². The van der Waals surface area contributed by atoms with Gasteiger partial charge in [-0.3, -0.25) is 9.09 Å². The minimum Gasteiger partial charge on any atom is -0.387 e. The molecule has 1 aromatic carbocycles. The van der Waals surface area contributed by atoms with E-state index in [9.17, 15) is 23.1 Å². The van der Waals surface area contributed by atoms with E-state index in [2.05, 4.69) is 9.68 Å². The highest BCUT2D eigenvalue weighted by atomic mass is 19.4. The van der Waals surface area contributed by atoms with Crippen molar-refractivity contribution in [3.05, 3.63) is 51.8 Å². The number of rotatable bonds is 4. The van der Waals surface area contributed by atoms with Gasteiger partial charge in [-0.15, -0.1) is 0 Å². The molecule has 0 spiro atoms. The van der Waals surface area contributed by atoms with Gasteiger partial charge in [-0.25, -0.2) is 4.79 Å². The molecule has 0 radical (unpaired) electrons. The summed E-state index contributed by atoms with van der Waals surface area (Å²) in [5, 5.41) is 13.8. The number of hydrogen-bond acceptors (Lipinski definition) is 4. The van der Waals surface area contributed by atoms with Crippen molar-refractivity contribution in [2.75, 3.05) is 0 Å². The van der Waals surface area contributed by atoms with Crippen LogP contribution in [0.2, 0.25) is 0 Å². The number of aliphatic hydroxyl groups is 1. The van der Waals surface area contributed by atoms with E-state index in [-0.39, 0.29) is 12.5 Å². The van der Waals surface area contributed by atoms with Gasteiger partial charge in [0, 0.05) is 5.92 Å². The molecule has 118 valence electrons. The fraction of sp³-hybridized carbons (Fsp3) is 0.429. The summed E-state index contributed by atoms with van der Waals surface area (Å²) in [6, 6.07) is 4.19. The van der Waals surface area contributed by atoms with Crippen LogP contribution >= 0.6 is 0 Å². The molecule has 1 aliphatic carbocycles. The van der Waals surface area contributed by atoms with Crippen LogP contribution in [0.1, 0.15) is 41.8 Å². The topological polar surface area (TPSA) is 68.3 Å². The van der Waals surface area contributed by atoms with E-state index in [4.69, 9.17) is 0 Å². The van der Waals surface area contributed by atoms with Crippen LogP contribution in [0.15, 0.2) is 33.6 Å². The maximum Gasteiger partial charge on any atom is 0.441 e. The minimum atomic E-state index is -4.42. The van der Waals surface area contributed by atoms with Gasteiger partial charge < -0.3 is 5.11 Å². The normalized spacial score (nSPS) is 16.7. The third-order valence-electron chi connectivity index (χ3n) is 3.63. The SMILES string of the molecule is O=c1onc(C2CC2)n1C[C@H](O)c1ccc(C(F)(F)F)cc1. The molecule has 0 aliphatic heterocycles. The highest BCUT2D eigenvalue weighted by molar-refractivity contribution is 5.26. The van der Waals surface area contributed by atoms with E-state index in [0.29, 0.717) is 11.4 Å². The first kappa shape index (κ1) is 14.8. The molecule has 0 bridgehead atoms. The summed E-state index contributed by atoms with van der Waals surface area (Å²) >= 11 is 0. The van der Waals surface area contributed by atoms with Gasteiger partial charge in [0.05, 0.1) is 18.2 Å². The molecule has 1 heterocycles.